The van der Waals surface area contributed by atoms with Gasteiger partial charge < -0.3 is 4.90 Å². The number of primary sulfonamides is 1. The second kappa shape index (κ2) is 4.81. The molecule has 0 aromatic heterocycles. The monoisotopic (exact) mass is 296 g/mol. The molecule has 0 spiro atoms. The lowest BCUT2D eigenvalue weighted by Crippen LogP contribution is -2.23. The van der Waals surface area contributed by atoms with Crippen LogP contribution >= 0.6 is 23.2 Å². The van der Waals surface area contributed by atoms with Gasteiger partial charge >= 0.3 is 0 Å². The molecule has 1 amide bonds. The molecule has 1 aromatic carbocycles. The van der Waals surface area contributed by atoms with Gasteiger partial charge in [-0.05, 0) is 12.1 Å². The number of halogens is 2. The Kier molecular flexibility index (Phi) is 4.03. The highest BCUT2D eigenvalue weighted by Crippen LogP contribution is 2.31. The molecule has 1 aromatic rings. The molecule has 0 aliphatic heterocycles. The van der Waals surface area contributed by atoms with Crippen LogP contribution in [-0.4, -0.2) is 33.3 Å². The quantitative estimate of drug-likeness (QED) is 0.894. The van der Waals surface area contributed by atoms with Crippen molar-refractivity contribution < 1.29 is 13.2 Å². The van der Waals surface area contributed by atoms with E-state index in [0.29, 0.717) is 0 Å². The fourth-order valence-electron chi connectivity index (χ4n) is 1.17. The molecule has 5 nitrogen and oxygen atoms in total. The van der Waals surface area contributed by atoms with Gasteiger partial charge in [0.2, 0.25) is 10.0 Å². The molecule has 0 unspecified atom stereocenters. The van der Waals surface area contributed by atoms with Crippen molar-refractivity contribution in [1.29, 1.82) is 0 Å². The first-order valence-corrected chi connectivity index (χ1v) is 6.69. The molecule has 0 bridgehead atoms. The Hall–Kier alpha value is -0.820. The summed E-state index contributed by atoms with van der Waals surface area (Å²) in [7, 11) is -0.996. The van der Waals surface area contributed by atoms with Crippen molar-refractivity contribution in [3.8, 4) is 0 Å². The number of hydrogen-bond acceptors (Lipinski definition) is 3. The normalized spacial score (nSPS) is 11.4. The molecule has 17 heavy (non-hydrogen) atoms. The van der Waals surface area contributed by atoms with Gasteiger partial charge in [0.25, 0.3) is 5.91 Å². The van der Waals surface area contributed by atoms with E-state index in [9.17, 15) is 13.2 Å². The van der Waals surface area contributed by atoms with Gasteiger partial charge in [0.1, 0.15) is 4.90 Å². The third-order valence-electron chi connectivity index (χ3n) is 1.98. The summed E-state index contributed by atoms with van der Waals surface area (Å²) in [4.78, 5) is 12.7. The average molecular weight is 297 g/mol. The zero-order chi connectivity index (χ0) is 13.4. The van der Waals surface area contributed by atoms with E-state index in [1.807, 2.05) is 0 Å². The molecular weight excluding hydrogens is 287 g/mol. The van der Waals surface area contributed by atoms with E-state index in [1.165, 1.54) is 25.1 Å². The largest absolute Gasteiger partial charge is 0.345 e. The Morgan fingerprint density at radius 2 is 1.82 bits per heavy atom. The second-order valence-corrected chi connectivity index (χ2v) is 5.79. The Bertz CT molecular complexity index is 570. The van der Waals surface area contributed by atoms with E-state index < -0.39 is 15.9 Å². The first-order chi connectivity index (χ1) is 7.66. The number of hydrogen-bond donors (Lipinski definition) is 1. The van der Waals surface area contributed by atoms with Crippen LogP contribution in [0.15, 0.2) is 17.0 Å². The number of carbonyl (C=O) groups excluding carboxylic acids is 1. The standard InChI is InChI=1S/C9H10Cl2N2O3S/c1-13(2)9(14)7-5(10)3-4-6(8(7)11)17(12,15)16/h3-4H,1-2H3,(H2,12,15,16). The Morgan fingerprint density at radius 1 is 1.29 bits per heavy atom. The lowest BCUT2D eigenvalue weighted by molar-refractivity contribution is 0.0827. The van der Waals surface area contributed by atoms with Crippen molar-refractivity contribution in [1.82, 2.24) is 4.90 Å². The highest BCUT2D eigenvalue weighted by Gasteiger charge is 2.23. The third-order valence-corrected chi connectivity index (χ3v) is 3.76. The van der Waals surface area contributed by atoms with Crippen LogP contribution in [0.4, 0.5) is 0 Å². The van der Waals surface area contributed by atoms with Gasteiger partial charge in [0.15, 0.2) is 0 Å². The van der Waals surface area contributed by atoms with E-state index in [-0.39, 0.29) is 20.5 Å². The molecule has 0 aliphatic rings. The molecular formula is C9H10Cl2N2O3S. The molecule has 0 atom stereocenters. The number of sulfonamides is 1. The predicted molar refractivity (Wildman–Crippen MR) is 65.9 cm³/mol. The minimum absolute atomic E-state index is 0.0705. The topological polar surface area (TPSA) is 80.5 Å². The minimum atomic E-state index is -3.99. The summed E-state index contributed by atoms with van der Waals surface area (Å²) in [6, 6.07) is 2.43. The average Bonchev–Trinajstić information content (AvgIpc) is 2.14. The molecule has 8 heteroatoms. The molecule has 0 heterocycles. The van der Waals surface area contributed by atoms with Crippen molar-refractivity contribution in [2.24, 2.45) is 5.14 Å². The highest BCUT2D eigenvalue weighted by atomic mass is 35.5. The fourth-order valence-corrected chi connectivity index (χ4v) is 2.64. The van der Waals surface area contributed by atoms with E-state index >= 15 is 0 Å². The first-order valence-electron chi connectivity index (χ1n) is 4.38. The molecule has 0 saturated carbocycles. The van der Waals surface area contributed by atoms with Crippen LogP contribution in [0, 0.1) is 0 Å². The van der Waals surface area contributed by atoms with Crippen molar-refractivity contribution in [2.75, 3.05) is 14.1 Å². The first kappa shape index (κ1) is 14.2. The van der Waals surface area contributed by atoms with Crippen LogP contribution in [0.25, 0.3) is 0 Å². The van der Waals surface area contributed by atoms with Gasteiger partial charge in [-0.3, -0.25) is 4.79 Å². The van der Waals surface area contributed by atoms with Crippen LogP contribution in [0.1, 0.15) is 10.4 Å². The molecule has 94 valence electrons. The minimum Gasteiger partial charge on any atom is -0.345 e. The van der Waals surface area contributed by atoms with Crippen LogP contribution in [-0.2, 0) is 10.0 Å². The zero-order valence-corrected chi connectivity index (χ0v) is 11.4. The number of benzene rings is 1. The smallest absolute Gasteiger partial charge is 0.256 e. The van der Waals surface area contributed by atoms with E-state index in [2.05, 4.69) is 0 Å². The lowest BCUT2D eigenvalue weighted by Gasteiger charge is -2.14. The van der Waals surface area contributed by atoms with Crippen molar-refractivity contribution >= 4 is 39.1 Å². The van der Waals surface area contributed by atoms with Gasteiger partial charge in [0.05, 0.1) is 15.6 Å². The van der Waals surface area contributed by atoms with E-state index in [1.54, 1.807) is 0 Å². The zero-order valence-electron chi connectivity index (χ0n) is 9.07. The number of nitrogens with zero attached hydrogens (tertiary/aromatic N) is 1. The number of amides is 1. The number of rotatable bonds is 2. The molecule has 2 N–H and O–H groups in total. The van der Waals surface area contributed by atoms with Crippen LogP contribution in [0.5, 0.6) is 0 Å². The second-order valence-electron chi connectivity index (χ2n) is 3.48. The molecule has 0 radical (unpaired) electrons. The summed E-state index contributed by atoms with van der Waals surface area (Å²) in [6.45, 7) is 0. The Balaban J connectivity index is 3.57. The van der Waals surface area contributed by atoms with Crippen LogP contribution in [0.3, 0.4) is 0 Å². The SMILES string of the molecule is CN(C)C(=O)c1c(Cl)ccc(S(N)(=O)=O)c1Cl. The third kappa shape index (κ3) is 2.90. The summed E-state index contributed by atoms with van der Waals surface area (Å²) in [5, 5.41) is 4.78. The Morgan fingerprint density at radius 3 is 2.24 bits per heavy atom. The van der Waals surface area contributed by atoms with Gasteiger partial charge in [-0.1, -0.05) is 23.2 Å². The van der Waals surface area contributed by atoms with E-state index in [4.69, 9.17) is 28.3 Å². The van der Waals surface area contributed by atoms with Crippen molar-refractivity contribution in [2.45, 2.75) is 4.90 Å². The lowest BCUT2D eigenvalue weighted by atomic mass is 10.2. The molecule has 0 saturated heterocycles. The van der Waals surface area contributed by atoms with Crippen molar-refractivity contribution in [3.05, 3.63) is 27.7 Å². The highest BCUT2D eigenvalue weighted by molar-refractivity contribution is 7.89. The predicted octanol–water partition coefficient (Wildman–Crippen LogP) is 1.34. The summed E-state index contributed by atoms with van der Waals surface area (Å²) in [6.07, 6.45) is 0. The van der Waals surface area contributed by atoms with Crippen molar-refractivity contribution in [3.63, 3.8) is 0 Å². The summed E-state index contributed by atoms with van der Waals surface area (Å²) in [5.41, 5.74) is -0.0788. The van der Waals surface area contributed by atoms with E-state index in [0.717, 1.165) is 6.07 Å². The Labute approximate surface area is 109 Å². The summed E-state index contributed by atoms with van der Waals surface area (Å²) >= 11 is 11.7. The molecule has 0 fully saturated rings. The van der Waals surface area contributed by atoms with Gasteiger partial charge in [-0.2, -0.15) is 0 Å². The van der Waals surface area contributed by atoms with Crippen LogP contribution < -0.4 is 5.14 Å². The molecule has 0 aliphatic carbocycles. The maximum Gasteiger partial charge on any atom is 0.256 e. The number of carbonyl (C=O) groups is 1. The maximum atomic E-state index is 11.8. The van der Waals surface area contributed by atoms with Gasteiger partial charge in [0, 0.05) is 14.1 Å². The fraction of sp³-hybridized carbons (Fsp3) is 0.222. The van der Waals surface area contributed by atoms with Gasteiger partial charge in [-0.15, -0.1) is 0 Å². The summed E-state index contributed by atoms with van der Waals surface area (Å²) in [5.74, 6) is -0.495. The van der Waals surface area contributed by atoms with Gasteiger partial charge in [-0.25, -0.2) is 13.6 Å². The number of nitrogens with two attached hydrogens (primary N) is 1. The maximum absolute atomic E-state index is 11.8. The molecule has 1 rings (SSSR count). The van der Waals surface area contributed by atoms with Crippen LogP contribution in [0.2, 0.25) is 10.0 Å². The summed E-state index contributed by atoms with van der Waals surface area (Å²) < 4.78 is 22.5.